The van der Waals surface area contributed by atoms with Crippen molar-refractivity contribution in [2.45, 2.75) is 32.7 Å². The van der Waals surface area contributed by atoms with Crippen molar-refractivity contribution in [2.24, 2.45) is 0 Å². The highest BCUT2D eigenvalue weighted by molar-refractivity contribution is 6.03. The maximum Gasteiger partial charge on any atom is 0.251 e. The Balaban J connectivity index is 2.05. The van der Waals surface area contributed by atoms with Crippen LogP contribution in [-0.4, -0.2) is 30.3 Å². The molecular formula is C15H19N3O3. The van der Waals surface area contributed by atoms with Crippen LogP contribution in [0.4, 0.5) is 5.69 Å². The van der Waals surface area contributed by atoms with Gasteiger partial charge in [-0.1, -0.05) is 0 Å². The number of amides is 3. The topological polar surface area (TPSA) is 87.3 Å². The van der Waals surface area contributed by atoms with E-state index in [4.69, 9.17) is 0 Å². The third kappa shape index (κ3) is 3.59. The van der Waals surface area contributed by atoms with E-state index in [-0.39, 0.29) is 18.2 Å². The molecule has 112 valence electrons. The smallest absolute Gasteiger partial charge is 0.251 e. The van der Waals surface area contributed by atoms with Gasteiger partial charge in [-0.2, -0.15) is 0 Å². The van der Waals surface area contributed by atoms with Gasteiger partial charge in [0, 0.05) is 24.2 Å². The Kier molecular flexibility index (Phi) is 4.57. The molecule has 0 bridgehead atoms. The number of aryl methyl sites for hydroxylation is 1. The third-order valence-electron chi connectivity index (χ3n) is 3.40. The van der Waals surface area contributed by atoms with E-state index in [1.54, 1.807) is 12.1 Å². The molecule has 1 aliphatic rings. The lowest BCUT2D eigenvalue weighted by molar-refractivity contribution is -0.134. The van der Waals surface area contributed by atoms with Gasteiger partial charge >= 0.3 is 0 Å². The molecular weight excluding hydrogens is 270 g/mol. The first-order valence-corrected chi connectivity index (χ1v) is 7.00. The number of benzene rings is 1. The molecule has 3 N–H and O–H groups in total. The maximum absolute atomic E-state index is 12.2. The third-order valence-corrected chi connectivity index (χ3v) is 3.40. The van der Waals surface area contributed by atoms with Crippen LogP contribution in [0.15, 0.2) is 18.2 Å². The van der Waals surface area contributed by atoms with Crippen LogP contribution in [0.1, 0.15) is 35.7 Å². The molecule has 1 fully saturated rings. The first-order valence-electron chi connectivity index (χ1n) is 7.00. The molecule has 3 amide bonds. The number of imide groups is 1. The molecule has 6 heteroatoms. The summed E-state index contributed by atoms with van der Waals surface area (Å²) in [4.78, 5) is 34.9. The molecule has 0 aliphatic carbocycles. The zero-order valence-electron chi connectivity index (χ0n) is 12.2. The first kappa shape index (κ1) is 15.0. The van der Waals surface area contributed by atoms with Crippen molar-refractivity contribution in [3.8, 4) is 0 Å². The molecule has 1 unspecified atom stereocenters. The van der Waals surface area contributed by atoms with Crippen LogP contribution in [0.3, 0.4) is 0 Å². The summed E-state index contributed by atoms with van der Waals surface area (Å²) in [5.41, 5.74) is 2.45. The number of hydrogen-bond donors (Lipinski definition) is 3. The highest BCUT2D eigenvalue weighted by Crippen LogP contribution is 2.16. The largest absolute Gasteiger partial charge is 0.385 e. The number of carbonyl (C=O) groups is 3. The molecule has 1 aromatic rings. The first-order chi connectivity index (χ1) is 10.0. The summed E-state index contributed by atoms with van der Waals surface area (Å²) in [6.45, 7) is 4.73. The number of piperidine rings is 1. The second kappa shape index (κ2) is 6.39. The molecule has 2 rings (SSSR count). The highest BCUT2D eigenvalue weighted by atomic mass is 16.2. The maximum atomic E-state index is 12.2. The molecule has 0 spiro atoms. The normalized spacial score (nSPS) is 18.1. The van der Waals surface area contributed by atoms with Crippen molar-refractivity contribution in [1.29, 1.82) is 0 Å². The van der Waals surface area contributed by atoms with Gasteiger partial charge in [0.05, 0.1) is 0 Å². The quantitative estimate of drug-likeness (QED) is 0.721. The monoisotopic (exact) mass is 289 g/mol. The van der Waals surface area contributed by atoms with Gasteiger partial charge in [-0.3, -0.25) is 19.7 Å². The van der Waals surface area contributed by atoms with Gasteiger partial charge in [0.15, 0.2) is 0 Å². The molecule has 1 aliphatic heterocycles. The second-order valence-electron chi connectivity index (χ2n) is 5.04. The Hall–Kier alpha value is -2.37. The summed E-state index contributed by atoms with van der Waals surface area (Å²) < 4.78 is 0. The summed E-state index contributed by atoms with van der Waals surface area (Å²) in [6.07, 6.45) is 0.583. The molecule has 0 radical (unpaired) electrons. The Labute approximate surface area is 123 Å². The van der Waals surface area contributed by atoms with Gasteiger partial charge < -0.3 is 10.6 Å². The van der Waals surface area contributed by atoms with E-state index in [1.165, 1.54) is 0 Å². The number of rotatable bonds is 4. The van der Waals surface area contributed by atoms with Crippen molar-refractivity contribution < 1.29 is 14.4 Å². The van der Waals surface area contributed by atoms with Gasteiger partial charge in [0.1, 0.15) is 6.04 Å². The lowest BCUT2D eigenvalue weighted by Gasteiger charge is -2.22. The Morgan fingerprint density at radius 3 is 2.76 bits per heavy atom. The molecule has 21 heavy (non-hydrogen) atoms. The summed E-state index contributed by atoms with van der Waals surface area (Å²) >= 11 is 0. The Morgan fingerprint density at radius 1 is 1.38 bits per heavy atom. The summed E-state index contributed by atoms with van der Waals surface area (Å²) in [6, 6.07) is 4.69. The van der Waals surface area contributed by atoms with Gasteiger partial charge in [0.25, 0.3) is 5.91 Å². The van der Waals surface area contributed by atoms with Crippen molar-refractivity contribution in [1.82, 2.24) is 10.6 Å². The molecule has 6 nitrogen and oxygen atoms in total. The predicted molar refractivity (Wildman–Crippen MR) is 79.0 cm³/mol. The lowest BCUT2D eigenvalue weighted by Crippen LogP contribution is -2.52. The van der Waals surface area contributed by atoms with Crippen LogP contribution in [-0.2, 0) is 9.59 Å². The molecule has 1 atom stereocenters. The fourth-order valence-electron chi connectivity index (χ4n) is 2.27. The van der Waals surface area contributed by atoms with E-state index in [0.717, 1.165) is 17.8 Å². The molecule has 1 saturated heterocycles. The van der Waals surface area contributed by atoms with E-state index in [1.807, 2.05) is 19.9 Å². The van der Waals surface area contributed by atoms with E-state index < -0.39 is 11.9 Å². The summed E-state index contributed by atoms with van der Waals surface area (Å²) in [7, 11) is 0. The number of hydrogen-bond acceptors (Lipinski definition) is 4. The standard InChI is InChI=1S/C15H19N3O3/c1-3-16-11-5-4-10(8-9(11)2)14(20)17-12-6-7-13(19)18-15(12)21/h4-5,8,12,16H,3,6-7H2,1-2H3,(H,17,20)(H,18,19,21). The van der Waals surface area contributed by atoms with E-state index in [0.29, 0.717) is 12.0 Å². The van der Waals surface area contributed by atoms with Crippen molar-refractivity contribution in [3.05, 3.63) is 29.3 Å². The van der Waals surface area contributed by atoms with E-state index in [2.05, 4.69) is 16.0 Å². The molecule has 0 saturated carbocycles. The van der Waals surface area contributed by atoms with Crippen molar-refractivity contribution in [2.75, 3.05) is 11.9 Å². The number of anilines is 1. The minimum Gasteiger partial charge on any atom is -0.385 e. The average molecular weight is 289 g/mol. The van der Waals surface area contributed by atoms with Crippen LogP contribution in [0, 0.1) is 6.92 Å². The average Bonchev–Trinajstić information content (AvgIpc) is 2.44. The SMILES string of the molecule is CCNc1ccc(C(=O)NC2CCC(=O)NC2=O)cc1C. The fraction of sp³-hybridized carbons (Fsp3) is 0.400. The van der Waals surface area contributed by atoms with Crippen molar-refractivity contribution >= 4 is 23.4 Å². The molecule has 1 aromatic carbocycles. The Bertz CT molecular complexity index is 584. The summed E-state index contributed by atoms with van der Waals surface area (Å²) in [5, 5.41) is 8.08. The Morgan fingerprint density at radius 2 is 2.14 bits per heavy atom. The zero-order valence-corrected chi connectivity index (χ0v) is 12.2. The lowest BCUT2D eigenvalue weighted by atomic mass is 10.0. The predicted octanol–water partition coefficient (Wildman–Crippen LogP) is 0.962. The number of nitrogens with one attached hydrogen (secondary N) is 3. The van der Waals surface area contributed by atoms with Crippen LogP contribution in [0.25, 0.3) is 0 Å². The van der Waals surface area contributed by atoms with Crippen LogP contribution < -0.4 is 16.0 Å². The minimum atomic E-state index is -0.649. The number of carbonyl (C=O) groups excluding carboxylic acids is 3. The van der Waals surface area contributed by atoms with Gasteiger partial charge in [-0.25, -0.2) is 0 Å². The van der Waals surface area contributed by atoms with Crippen molar-refractivity contribution in [3.63, 3.8) is 0 Å². The van der Waals surface area contributed by atoms with Gasteiger partial charge in [-0.05, 0) is 44.0 Å². The van der Waals surface area contributed by atoms with E-state index in [9.17, 15) is 14.4 Å². The van der Waals surface area contributed by atoms with Crippen LogP contribution >= 0.6 is 0 Å². The molecule has 0 aromatic heterocycles. The van der Waals surface area contributed by atoms with Gasteiger partial charge in [-0.15, -0.1) is 0 Å². The zero-order chi connectivity index (χ0) is 15.4. The summed E-state index contributed by atoms with van der Waals surface area (Å²) in [5.74, 6) is -1.05. The fourth-order valence-corrected chi connectivity index (χ4v) is 2.27. The van der Waals surface area contributed by atoms with Crippen LogP contribution in [0.5, 0.6) is 0 Å². The minimum absolute atomic E-state index is 0.245. The second-order valence-corrected chi connectivity index (χ2v) is 5.04. The molecule has 1 heterocycles. The highest BCUT2D eigenvalue weighted by Gasteiger charge is 2.28. The van der Waals surface area contributed by atoms with E-state index >= 15 is 0 Å². The van der Waals surface area contributed by atoms with Crippen LogP contribution in [0.2, 0.25) is 0 Å². The van der Waals surface area contributed by atoms with Gasteiger partial charge in [0.2, 0.25) is 11.8 Å².